The van der Waals surface area contributed by atoms with Gasteiger partial charge in [0.25, 0.3) is 0 Å². The van der Waals surface area contributed by atoms with Crippen LogP contribution in [0.15, 0.2) is 0 Å². The SMILES string of the molecule is C[C@@H]1CN(CCN2CCC(N)CC2)C[C@H](C)C1O. The first-order valence-corrected chi connectivity index (χ1v) is 7.44. The minimum atomic E-state index is -0.116. The van der Waals surface area contributed by atoms with Crippen molar-refractivity contribution in [3.8, 4) is 0 Å². The van der Waals surface area contributed by atoms with E-state index in [1.54, 1.807) is 0 Å². The van der Waals surface area contributed by atoms with Crippen molar-refractivity contribution >= 4 is 0 Å². The highest BCUT2D eigenvalue weighted by atomic mass is 16.3. The van der Waals surface area contributed by atoms with Crippen molar-refractivity contribution in [2.24, 2.45) is 17.6 Å². The maximum atomic E-state index is 9.96. The first kappa shape index (κ1) is 14.3. The first-order valence-electron chi connectivity index (χ1n) is 7.44. The van der Waals surface area contributed by atoms with E-state index in [0.717, 1.165) is 52.1 Å². The van der Waals surface area contributed by atoms with Gasteiger partial charge in [0, 0.05) is 32.2 Å². The molecule has 0 saturated carbocycles. The monoisotopic (exact) mass is 255 g/mol. The van der Waals surface area contributed by atoms with E-state index in [9.17, 15) is 5.11 Å². The second kappa shape index (κ2) is 6.33. The number of nitrogens with two attached hydrogens (primary N) is 1. The van der Waals surface area contributed by atoms with Gasteiger partial charge in [-0.25, -0.2) is 0 Å². The predicted octanol–water partition coefficient (Wildman–Crippen LogP) is 0.358. The molecule has 2 heterocycles. The smallest absolute Gasteiger partial charge is 0.0615 e. The van der Waals surface area contributed by atoms with Gasteiger partial charge in [-0.15, -0.1) is 0 Å². The summed E-state index contributed by atoms with van der Waals surface area (Å²) in [5.41, 5.74) is 5.92. The molecule has 0 aliphatic carbocycles. The molecule has 18 heavy (non-hydrogen) atoms. The molecule has 0 spiro atoms. The Morgan fingerprint density at radius 3 is 2.06 bits per heavy atom. The Balaban J connectivity index is 1.70. The minimum Gasteiger partial charge on any atom is -0.392 e. The van der Waals surface area contributed by atoms with Crippen molar-refractivity contribution in [3.05, 3.63) is 0 Å². The molecule has 106 valence electrons. The van der Waals surface area contributed by atoms with E-state index in [2.05, 4.69) is 23.6 Å². The first-order chi connectivity index (χ1) is 8.56. The van der Waals surface area contributed by atoms with Crippen LogP contribution in [0.25, 0.3) is 0 Å². The number of aliphatic hydroxyl groups is 1. The van der Waals surface area contributed by atoms with Crippen molar-refractivity contribution in [3.63, 3.8) is 0 Å². The Morgan fingerprint density at radius 1 is 1.00 bits per heavy atom. The van der Waals surface area contributed by atoms with Crippen LogP contribution in [0.5, 0.6) is 0 Å². The fourth-order valence-electron chi connectivity index (χ4n) is 3.31. The highest BCUT2D eigenvalue weighted by Crippen LogP contribution is 2.21. The van der Waals surface area contributed by atoms with Crippen molar-refractivity contribution < 1.29 is 5.11 Å². The van der Waals surface area contributed by atoms with Crippen LogP contribution in [-0.2, 0) is 0 Å². The molecule has 0 amide bonds. The van der Waals surface area contributed by atoms with Crippen molar-refractivity contribution in [1.29, 1.82) is 0 Å². The number of hydrogen-bond acceptors (Lipinski definition) is 4. The summed E-state index contributed by atoms with van der Waals surface area (Å²) in [6, 6.07) is 0.423. The topological polar surface area (TPSA) is 52.7 Å². The molecule has 0 aromatic rings. The van der Waals surface area contributed by atoms with Crippen molar-refractivity contribution in [2.75, 3.05) is 39.3 Å². The van der Waals surface area contributed by atoms with Gasteiger partial charge < -0.3 is 20.6 Å². The molecule has 3 atom stereocenters. The lowest BCUT2D eigenvalue weighted by Gasteiger charge is -2.40. The number of rotatable bonds is 3. The molecule has 1 unspecified atom stereocenters. The Bertz CT molecular complexity index is 241. The zero-order valence-corrected chi connectivity index (χ0v) is 11.9. The molecule has 4 heteroatoms. The molecule has 2 rings (SSSR count). The van der Waals surface area contributed by atoms with Crippen LogP contribution in [0, 0.1) is 11.8 Å². The number of hydrogen-bond donors (Lipinski definition) is 2. The lowest BCUT2D eigenvalue weighted by molar-refractivity contribution is -0.0108. The Kier molecular flexibility index (Phi) is 5.01. The summed E-state index contributed by atoms with van der Waals surface area (Å²) in [6.07, 6.45) is 2.17. The van der Waals surface area contributed by atoms with E-state index >= 15 is 0 Å². The summed E-state index contributed by atoms with van der Waals surface area (Å²) in [7, 11) is 0. The highest BCUT2D eigenvalue weighted by Gasteiger charge is 2.30. The summed E-state index contributed by atoms with van der Waals surface area (Å²) in [5.74, 6) is 0.812. The normalized spacial score (nSPS) is 37.0. The Morgan fingerprint density at radius 2 is 1.50 bits per heavy atom. The third-order valence-corrected chi connectivity index (χ3v) is 4.62. The van der Waals surface area contributed by atoms with Gasteiger partial charge in [0.1, 0.15) is 0 Å². The van der Waals surface area contributed by atoms with E-state index in [1.165, 1.54) is 0 Å². The van der Waals surface area contributed by atoms with E-state index in [0.29, 0.717) is 17.9 Å². The third kappa shape index (κ3) is 3.67. The molecule has 0 aromatic heterocycles. The second-order valence-electron chi connectivity index (χ2n) is 6.38. The lowest BCUT2D eigenvalue weighted by Crippen LogP contribution is -2.50. The molecule has 0 aromatic carbocycles. The summed E-state index contributed by atoms with van der Waals surface area (Å²) < 4.78 is 0. The summed E-state index contributed by atoms with van der Waals surface area (Å²) in [5, 5.41) is 9.96. The second-order valence-corrected chi connectivity index (χ2v) is 6.38. The molecule has 2 aliphatic heterocycles. The molecule has 4 nitrogen and oxygen atoms in total. The van der Waals surface area contributed by atoms with Gasteiger partial charge in [-0.2, -0.15) is 0 Å². The zero-order valence-electron chi connectivity index (χ0n) is 11.9. The molecule has 3 N–H and O–H groups in total. The minimum absolute atomic E-state index is 0.116. The van der Waals surface area contributed by atoms with Crippen LogP contribution in [0.1, 0.15) is 26.7 Å². The Hall–Kier alpha value is -0.160. The number of piperidine rings is 2. The standard InChI is InChI=1S/C14H29N3O/c1-11-9-17(10-12(2)14(11)18)8-7-16-5-3-13(15)4-6-16/h11-14,18H,3-10,15H2,1-2H3/t11-,12+,14?. The quantitative estimate of drug-likeness (QED) is 0.764. The fraction of sp³-hybridized carbons (Fsp3) is 1.00. The molecule has 0 radical (unpaired) electrons. The van der Waals surface area contributed by atoms with Crippen LogP contribution >= 0.6 is 0 Å². The predicted molar refractivity (Wildman–Crippen MR) is 74.4 cm³/mol. The number of likely N-dealkylation sites (tertiary alicyclic amines) is 2. The van der Waals surface area contributed by atoms with Gasteiger partial charge in [0.15, 0.2) is 0 Å². The average molecular weight is 255 g/mol. The van der Waals surface area contributed by atoms with Gasteiger partial charge >= 0.3 is 0 Å². The maximum Gasteiger partial charge on any atom is 0.0615 e. The van der Waals surface area contributed by atoms with Crippen molar-refractivity contribution in [2.45, 2.75) is 38.8 Å². The zero-order chi connectivity index (χ0) is 13.1. The Labute approximate surface area is 111 Å². The average Bonchev–Trinajstić information content (AvgIpc) is 2.35. The van der Waals surface area contributed by atoms with Crippen LogP contribution < -0.4 is 5.73 Å². The molecule has 2 fully saturated rings. The summed E-state index contributed by atoms with van der Waals surface area (Å²) in [6.45, 7) is 11.0. The van der Waals surface area contributed by atoms with Gasteiger partial charge in [-0.3, -0.25) is 0 Å². The van der Waals surface area contributed by atoms with Gasteiger partial charge in [0.2, 0.25) is 0 Å². The van der Waals surface area contributed by atoms with Crippen molar-refractivity contribution in [1.82, 2.24) is 9.80 Å². The molecular weight excluding hydrogens is 226 g/mol. The van der Waals surface area contributed by atoms with E-state index in [1.807, 2.05) is 0 Å². The van der Waals surface area contributed by atoms with Gasteiger partial charge in [0.05, 0.1) is 6.10 Å². The van der Waals surface area contributed by atoms with Crippen LogP contribution in [0.4, 0.5) is 0 Å². The third-order valence-electron chi connectivity index (χ3n) is 4.62. The largest absolute Gasteiger partial charge is 0.392 e. The van der Waals surface area contributed by atoms with E-state index < -0.39 is 0 Å². The van der Waals surface area contributed by atoms with Crippen LogP contribution in [0.3, 0.4) is 0 Å². The van der Waals surface area contributed by atoms with Gasteiger partial charge in [-0.1, -0.05) is 13.8 Å². The molecule has 2 saturated heterocycles. The van der Waals surface area contributed by atoms with Crippen LogP contribution in [-0.4, -0.2) is 66.3 Å². The summed E-state index contributed by atoms with van der Waals surface area (Å²) in [4.78, 5) is 5.04. The molecular formula is C14H29N3O. The molecule has 0 bridgehead atoms. The number of aliphatic hydroxyl groups excluding tert-OH is 1. The van der Waals surface area contributed by atoms with Crippen LogP contribution in [0.2, 0.25) is 0 Å². The molecule has 2 aliphatic rings. The fourth-order valence-corrected chi connectivity index (χ4v) is 3.31. The maximum absolute atomic E-state index is 9.96. The lowest BCUT2D eigenvalue weighted by atomic mass is 9.88. The summed E-state index contributed by atoms with van der Waals surface area (Å²) >= 11 is 0. The van der Waals surface area contributed by atoms with E-state index in [-0.39, 0.29) is 6.10 Å². The highest BCUT2D eigenvalue weighted by molar-refractivity contribution is 4.83. The van der Waals surface area contributed by atoms with Gasteiger partial charge in [-0.05, 0) is 37.8 Å². The number of nitrogens with zero attached hydrogens (tertiary/aromatic N) is 2. The van der Waals surface area contributed by atoms with E-state index in [4.69, 9.17) is 5.73 Å².